The Morgan fingerprint density at radius 3 is 2.06 bits per heavy atom. The molecule has 102 valence electrons. The van der Waals surface area contributed by atoms with Gasteiger partial charge in [0.25, 0.3) is 0 Å². The summed E-state index contributed by atoms with van der Waals surface area (Å²) in [6.07, 6.45) is -10.8. The van der Waals surface area contributed by atoms with Crippen molar-refractivity contribution >= 4 is 0 Å². The second-order valence-electron chi connectivity index (χ2n) is 3.62. The van der Waals surface area contributed by atoms with E-state index in [-0.39, 0.29) is 0 Å². The Morgan fingerprint density at radius 2 is 1.61 bits per heavy atom. The molecule has 2 nitrogen and oxygen atoms in total. The molecule has 0 saturated carbocycles. The second-order valence-corrected chi connectivity index (χ2v) is 3.62. The van der Waals surface area contributed by atoms with Crippen LogP contribution in [0.15, 0.2) is 24.3 Å². The fraction of sp³-hybridized carbons (Fsp3) is 0.400. The van der Waals surface area contributed by atoms with Crippen molar-refractivity contribution in [3.8, 4) is 0 Å². The van der Waals surface area contributed by atoms with E-state index in [0.717, 1.165) is 18.2 Å². The topological polar surface area (TPSA) is 38.0 Å². The third-order valence-corrected chi connectivity index (χ3v) is 2.28. The van der Waals surface area contributed by atoms with Crippen LogP contribution in [0.5, 0.6) is 0 Å². The van der Waals surface area contributed by atoms with Crippen molar-refractivity contribution in [1.82, 2.24) is 5.43 Å². The van der Waals surface area contributed by atoms with Crippen LogP contribution >= 0.6 is 0 Å². The van der Waals surface area contributed by atoms with Crippen molar-refractivity contribution < 1.29 is 26.3 Å². The van der Waals surface area contributed by atoms with Gasteiger partial charge >= 0.3 is 12.4 Å². The van der Waals surface area contributed by atoms with Crippen molar-refractivity contribution in [1.29, 1.82) is 0 Å². The molecule has 0 amide bonds. The maximum atomic E-state index is 12.6. The van der Waals surface area contributed by atoms with Crippen LogP contribution in [0.1, 0.15) is 23.6 Å². The summed E-state index contributed by atoms with van der Waals surface area (Å²) in [5.41, 5.74) is 0.116. The molecule has 0 radical (unpaired) electrons. The molecule has 1 aromatic rings. The molecule has 1 unspecified atom stereocenters. The van der Waals surface area contributed by atoms with Gasteiger partial charge in [-0.2, -0.15) is 26.3 Å². The van der Waals surface area contributed by atoms with Gasteiger partial charge in [0.1, 0.15) is 0 Å². The molecule has 0 aliphatic rings. The Balaban J connectivity index is 3.14. The molecule has 3 N–H and O–H groups in total. The first kappa shape index (κ1) is 14.8. The van der Waals surface area contributed by atoms with Gasteiger partial charge in [0.15, 0.2) is 0 Å². The number of rotatable bonds is 3. The maximum absolute atomic E-state index is 12.6. The Bertz CT molecular complexity index is 398. The first-order valence-corrected chi connectivity index (χ1v) is 4.84. The minimum atomic E-state index is -4.72. The monoisotopic (exact) mass is 272 g/mol. The molecule has 8 heteroatoms. The van der Waals surface area contributed by atoms with Gasteiger partial charge < -0.3 is 0 Å². The van der Waals surface area contributed by atoms with Gasteiger partial charge in [-0.15, -0.1) is 0 Å². The highest BCUT2D eigenvalue weighted by Gasteiger charge is 2.38. The van der Waals surface area contributed by atoms with E-state index in [4.69, 9.17) is 5.84 Å². The summed E-state index contributed by atoms with van der Waals surface area (Å²) in [6.45, 7) is 0. The Labute approximate surface area is 98.7 Å². The number of nitrogens with two attached hydrogens (primary N) is 1. The number of alkyl halides is 6. The molecule has 0 fully saturated rings. The molecule has 0 heterocycles. The van der Waals surface area contributed by atoms with Crippen LogP contribution in [0.3, 0.4) is 0 Å². The molecular formula is C10H10F6N2. The van der Waals surface area contributed by atoms with Crippen LogP contribution in [0.2, 0.25) is 0 Å². The molecule has 0 aliphatic carbocycles. The highest BCUT2D eigenvalue weighted by atomic mass is 19.4. The van der Waals surface area contributed by atoms with Gasteiger partial charge in [-0.25, -0.2) is 0 Å². The Hall–Kier alpha value is -1.28. The highest BCUT2D eigenvalue weighted by Crippen LogP contribution is 2.37. The molecular weight excluding hydrogens is 262 g/mol. The van der Waals surface area contributed by atoms with E-state index in [0.29, 0.717) is 0 Å². The molecule has 0 bridgehead atoms. The third-order valence-electron chi connectivity index (χ3n) is 2.28. The first-order chi connectivity index (χ1) is 8.15. The van der Waals surface area contributed by atoms with Crippen molar-refractivity contribution in [3.63, 3.8) is 0 Å². The van der Waals surface area contributed by atoms with Crippen molar-refractivity contribution in [2.75, 3.05) is 0 Å². The van der Waals surface area contributed by atoms with E-state index in [1.54, 1.807) is 5.43 Å². The Morgan fingerprint density at radius 1 is 1.06 bits per heavy atom. The molecule has 0 saturated heterocycles. The number of halogens is 6. The lowest BCUT2D eigenvalue weighted by atomic mass is 9.98. The molecule has 0 aliphatic heterocycles. The molecule has 1 atom stereocenters. The predicted molar refractivity (Wildman–Crippen MR) is 52.2 cm³/mol. The predicted octanol–water partition coefficient (Wildman–Crippen LogP) is 3.16. The van der Waals surface area contributed by atoms with E-state index in [1.807, 2.05) is 0 Å². The average Bonchev–Trinajstić information content (AvgIpc) is 2.23. The normalized spacial score (nSPS) is 14.6. The summed E-state index contributed by atoms with van der Waals surface area (Å²) in [5.74, 6) is 4.91. The zero-order valence-electron chi connectivity index (χ0n) is 8.94. The molecule has 18 heavy (non-hydrogen) atoms. The minimum absolute atomic E-state index is 0.523. The molecule has 1 aromatic carbocycles. The first-order valence-electron chi connectivity index (χ1n) is 4.84. The number of hydrogen-bond acceptors (Lipinski definition) is 2. The Kier molecular flexibility index (Phi) is 4.23. The van der Waals surface area contributed by atoms with E-state index >= 15 is 0 Å². The zero-order valence-corrected chi connectivity index (χ0v) is 8.94. The maximum Gasteiger partial charge on any atom is 0.416 e. The zero-order chi connectivity index (χ0) is 14.0. The number of nitrogens with one attached hydrogen (secondary N) is 1. The van der Waals surface area contributed by atoms with Crippen LogP contribution in [-0.2, 0) is 6.18 Å². The minimum Gasteiger partial charge on any atom is -0.271 e. The smallest absolute Gasteiger partial charge is 0.271 e. The van der Waals surface area contributed by atoms with Gasteiger partial charge in [0, 0.05) is 0 Å². The van der Waals surface area contributed by atoms with E-state index in [1.165, 1.54) is 6.07 Å². The van der Waals surface area contributed by atoms with Crippen LogP contribution in [0, 0.1) is 0 Å². The fourth-order valence-electron chi connectivity index (χ4n) is 1.55. The fourth-order valence-corrected chi connectivity index (χ4v) is 1.55. The summed E-state index contributed by atoms with van der Waals surface area (Å²) in [4.78, 5) is 0. The molecule has 0 spiro atoms. The van der Waals surface area contributed by atoms with Gasteiger partial charge in [0.2, 0.25) is 0 Å². The van der Waals surface area contributed by atoms with E-state index in [9.17, 15) is 26.3 Å². The summed E-state index contributed by atoms with van der Waals surface area (Å²) >= 11 is 0. The second kappa shape index (κ2) is 5.15. The highest BCUT2D eigenvalue weighted by molar-refractivity contribution is 5.32. The van der Waals surface area contributed by atoms with Crippen molar-refractivity contribution in [2.24, 2.45) is 5.84 Å². The lowest BCUT2D eigenvalue weighted by Gasteiger charge is -2.22. The summed E-state index contributed by atoms with van der Waals surface area (Å²) < 4.78 is 74.6. The lowest BCUT2D eigenvalue weighted by Crippen LogP contribution is -2.33. The molecule has 1 rings (SSSR count). The lowest BCUT2D eigenvalue weighted by molar-refractivity contribution is -0.146. The number of hydrazine groups is 1. The summed E-state index contributed by atoms with van der Waals surface area (Å²) in [7, 11) is 0. The molecule has 0 aromatic heterocycles. The van der Waals surface area contributed by atoms with Crippen LogP contribution in [0.25, 0.3) is 0 Å². The largest absolute Gasteiger partial charge is 0.416 e. The van der Waals surface area contributed by atoms with Gasteiger partial charge in [-0.1, -0.05) is 18.2 Å². The van der Waals surface area contributed by atoms with Crippen LogP contribution in [-0.4, -0.2) is 6.18 Å². The van der Waals surface area contributed by atoms with Crippen LogP contribution in [0.4, 0.5) is 26.3 Å². The van der Waals surface area contributed by atoms with Crippen molar-refractivity contribution in [2.45, 2.75) is 24.8 Å². The summed E-state index contributed by atoms with van der Waals surface area (Å²) in [5, 5.41) is 0. The number of hydrogen-bond donors (Lipinski definition) is 2. The standard InChI is InChI=1S/C10H10F6N2/c11-9(12,13)5-8(18-17)6-3-1-2-4-7(6)10(14,15)16/h1-4,8,18H,5,17H2. The van der Waals surface area contributed by atoms with E-state index < -0.39 is 35.9 Å². The number of benzene rings is 1. The SMILES string of the molecule is NNC(CC(F)(F)F)c1ccccc1C(F)(F)F. The van der Waals surface area contributed by atoms with E-state index in [2.05, 4.69) is 0 Å². The van der Waals surface area contributed by atoms with Crippen LogP contribution < -0.4 is 11.3 Å². The van der Waals surface area contributed by atoms with Gasteiger partial charge in [0.05, 0.1) is 18.0 Å². The quantitative estimate of drug-likeness (QED) is 0.504. The van der Waals surface area contributed by atoms with Gasteiger partial charge in [-0.3, -0.25) is 11.3 Å². The third kappa shape index (κ3) is 3.88. The van der Waals surface area contributed by atoms with Crippen molar-refractivity contribution in [3.05, 3.63) is 35.4 Å². The summed E-state index contributed by atoms with van der Waals surface area (Å²) in [6, 6.07) is 2.39. The average molecular weight is 272 g/mol. The van der Waals surface area contributed by atoms with Gasteiger partial charge in [-0.05, 0) is 11.6 Å².